The van der Waals surface area contributed by atoms with Crippen LogP contribution in [0.5, 0.6) is 0 Å². The van der Waals surface area contributed by atoms with E-state index in [-0.39, 0.29) is 0 Å². The molecule has 124 valence electrons. The van der Waals surface area contributed by atoms with Crippen LogP contribution < -0.4 is 0 Å². The average molecular weight is 332 g/mol. The zero-order chi connectivity index (χ0) is 17.5. The summed E-state index contributed by atoms with van der Waals surface area (Å²) in [6.07, 6.45) is 3.41. The molecule has 0 heterocycles. The summed E-state index contributed by atoms with van der Waals surface area (Å²) >= 11 is 0. The summed E-state index contributed by atoms with van der Waals surface area (Å²) in [5.41, 5.74) is 9.61. The predicted octanol–water partition coefficient (Wildman–Crippen LogP) is 7.13. The van der Waals surface area contributed by atoms with E-state index in [4.69, 9.17) is 0 Å². The van der Waals surface area contributed by atoms with Crippen molar-refractivity contribution in [3.8, 4) is 22.3 Å². The van der Waals surface area contributed by atoms with Gasteiger partial charge in [-0.3, -0.25) is 0 Å². The molecule has 0 saturated heterocycles. The van der Waals surface area contributed by atoms with Crippen molar-refractivity contribution in [2.75, 3.05) is 0 Å². The first kappa shape index (κ1) is 15.2. The molecule has 0 atom stereocenters. The Bertz CT molecular complexity index is 1140. The SMILES string of the molecule is CC1=Cc2c(-c3cccc4ccccc34)ccc(-c3ccccc3)c2C1. The van der Waals surface area contributed by atoms with Crippen molar-refractivity contribution in [1.29, 1.82) is 0 Å². The van der Waals surface area contributed by atoms with Crippen molar-refractivity contribution >= 4 is 16.8 Å². The van der Waals surface area contributed by atoms with Crippen molar-refractivity contribution in [1.82, 2.24) is 0 Å². The standard InChI is InChI=1S/C26H20/c1-18-16-25-22(19-8-3-2-4-9-19)14-15-24(26(25)17-18)23-13-7-11-20-10-5-6-12-21(20)23/h2-15,17H,16H2,1H3. The van der Waals surface area contributed by atoms with Crippen LogP contribution in [0.3, 0.4) is 0 Å². The number of rotatable bonds is 2. The molecule has 0 bridgehead atoms. The number of fused-ring (bicyclic) bond motifs is 2. The fraction of sp³-hybridized carbons (Fsp3) is 0.0769. The number of benzene rings is 4. The lowest BCUT2D eigenvalue weighted by Crippen LogP contribution is -1.93. The second-order valence-corrected chi connectivity index (χ2v) is 7.11. The van der Waals surface area contributed by atoms with E-state index in [2.05, 4.69) is 97.9 Å². The largest absolute Gasteiger partial charge is 0.0683 e. The Kier molecular flexibility index (Phi) is 3.50. The highest BCUT2D eigenvalue weighted by Crippen LogP contribution is 2.41. The van der Waals surface area contributed by atoms with Gasteiger partial charge in [-0.2, -0.15) is 0 Å². The Balaban J connectivity index is 1.78. The molecular formula is C26H20. The molecule has 0 spiro atoms. The van der Waals surface area contributed by atoms with E-state index < -0.39 is 0 Å². The minimum absolute atomic E-state index is 1.04. The lowest BCUT2D eigenvalue weighted by atomic mass is 9.89. The van der Waals surface area contributed by atoms with Crippen molar-refractivity contribution in [3.05, 3.63) is 102 Å². The molecule has 26 heavy (non-hydrogen) atoms. The Morgan fingerprint density at radius 3 is 2.23 bits per heavy atom. The topological polar surface area (TPSA) is 0 Å². The average Bonchev–Trinajstić information content (AvgIpc) is 3.09. The Labute approximate surface area is 154 Å². The molecule has 0 aliphatic heterocycles. The highest BCUT2D eigenvalue weighted by atomic mass is 14.2. The second-order valence-electron chi connectivity index (χ2n) is 7.11. The normalized spacial score (nSPS) is 12.9. The maximum Gasteiger partial charge on any atom is -0.00542 e. The first-order chi connectivity index (χ1) is 12.8. The van der Waals surface area contributed by atoms with Gasteiger partial charge in [-0.25, -0.2) is 0 Å². The van der Waals surface area contributed by atoms with Gasteiger partial charge < -0.3 is 0 Å². The minimum Gasteiger partial charge on any atom is -0.0683 e. The molecule has 0 amide bonds. The molecule has 5 rings (SSSR count). The molecule has 0 heteroatoms. The van der Waals surface area contributed by atoms with Gasteiger partial charge in [0.2, 0.25) is 0 Å². The third-order valence-electron chi connectivity index (χ3n) is 5.37. The van der Waals surface area contributed by atoms with Crippen LogP contribution in [0.1, 0.15) is 18.1 Å². The molecule has 0 N–H and O–H groups in total. The molecule has 0 unspecified atom stereocenters. The van der Waals surface area contributed by atoms with E-state index in [0.29, 0.717) is 0 Å². The predicted molar refractivity (Wildman–Crippen MR) is 112 cm³/mol. The van der Waals surface area contributed by atoms with E-state index in [0.717, 1.165) is 6.42 Å². The fourth-order valence-electron chi connectivity index (χ4n) is 4.18. The number of hydrogen-bond donors (Lipinski definition) is 0. The van der Waals surface area contributed by atoms with Crippen molar-refractivity contribution in [3.63, 3.8) is 0 Å². The first-order valence-electron chi connectivity index (χ1n) is 9.18. The van der Waals surface area contributed by atoms with E-state index in [1.165, 1.54) is 49.7 Å². The van der Waals surface area contributed by atoms with Crippen molar-refractivity contribution in [2.24, 2.45) is 0 Å². The molecule has 0 nitrogen and oxygen atoms in total. The zero-order valence-corrected chi connectivity index (χ0v) is 14.9. The lowest BCUT2D eigenvalue weighted by molar-refractivity contribution is 1.20. The van der Waals surface area contributed by atoms with E-state index in [9.17, 15) is 0 Å². The van der Waals surface area contributed by atoms with Gasteiger partial charge >= 0.3 is 0 Å². The lowest BCUT2D eigenvalue weighted by Gasteiger charge is -2.15. The van der Waals surface area contributed by atoms with Crippen molar-refractivity contribution in [2.45, 2.75) is 13.3 Å². The summed E-state index contributed by atoms with van der Waals surface area (Å²) in [4.78, 5) is 0. The summed E-state index contributed by atoms with van der Waals surface area (Å²) < 4.78 is 0. The summed E-state index contributed by atoms with van der Waals surface area (Å²) in [6, 6.07) is 30.6. The van der Waals surface area contributed by atoms with Gasteiger partial charge in [0.25, 0.3) is 0 Å². The smallest absolute Gasteiger partial charge is 0.00542 e. The Morgan fingerprint density at radius 1 is 0.615 bits per heavy atom. The van der Waals surface area contributed by atoms with Gasteiger partial charge in [0.15, 0.2) is 0 Å². The van der Waals surface area contributed by atoms with E-state index in [1.807, 2.05) is 0 Å². The highest BCUT2D eigenvalue weighted by Gasteiger charge is 2.20. The maximum absolute atomic E-state index is 2.37. The zero-order valence-electron chi connectivity index (χ0n) is 14.9. The third kappa shape index (κ3) is 2.38. The van der Waals surface area contributed by atoms with Gasteiger partial charge in [0, 0.05) is 0 Å². The summed E-state index contributed by atoms with van der Waals surface area (Å²) in [5, 5.41) is 2.62. The van der Waals surface area contributed by atoms with E-state index >= 15 is 0 Å². The van der Waals surface area contributed by atoms with Crippen LogP contribution in [0, 0.1) is 0 Å². The third-order valence-corrected chi connectivity index (χ3v) is 5.37. The van der Waals surface area contributed by atoms with Crippen LogP contribution in [0.25, 0.3) is 39.1 Å². The molecule has 0 fully saturated rings. The molecule has 0 aromatic heterocycles. The number of allylic oxidation sites excluding steroid dienone is 1. The molecule has 0 saturated carbocycles. The molecular weight excluding hydrogens is 312 g/mol. The molecule has 1 aliphatic carbocycles. The quantitative estimate of drug-likeness (QED) is 0.366. The second kappa shape index (κ2) is 6.00. The van der Waals surface area contributed by atoms with Crippen LogP contribution in [0.15, 0.2) is 90.5 Å². The maximum atomic E-state index is 2.37. The molecule has 1 aliphatic rings. The van der Waals surface area contributed by atoms with Gasteiger partial charge in [0.05, 0.1) is 0 Å². The Hall–Kier alpha value is -3.12. The summed E-state index contributed by atoms with van der Waals surface area (Å²) in [6.45, 7) is 2.24. The number of hydrogen-bond acceptors (Lipinski definition) is 0. The highest BCUT2D eigenvalue weighted by molar-refractivity contribution is 6.00. The van der Waals surface area contributed by atoms with Crippen LogP contribution in [0.4, 0.5) is 0 Å². The van der Waals surface area contributed by atoms with Crippen LogP contribution in [-0.4, -0.2) is 0 Å². The fourth-order valence-corrected chi connectivity index (χ4v) is 4.18. The summed E-state index contributed by atoms with van der Waals surface area (Å²) in [7, 11) is 0. The van der Waals surface area contributed by atoms with Gasteiger partial charge in [-0.1, -0.05) is 96.6 Å². The van der Waals surface area contributed by atoms with Crippen molar-refractivity contribution < 1.29 is 0 Å². The molecule has 4 aromatic rings. The molecule has 4 aromatic carbocycles. The van der Waals surface area contributed by atoms with Crippen LogP contribution >= 0.6 is 0 Å². The molecule has 0 radical (unpaired) electrons. The Morgan fingerprint density at radius 2 is 1.35 bits per heavy atom. The monoisotopic (exact) mass is 332 g/mol. The van der Waals surface area contributed by atoms with Gasteiger partial charge in [-0.15, -0.1) is 0 Å². The van der Waals surface area contributed by atoms with E-state index in [1.54, 1.807) is 0 Å². The first-order valence-corrected chi connectivity index (χ1v) is 9.18. The van der Waals surface area contributed by atoms with Crippen LogP contribution in [0.2, 0.25) is 0 Å². The van der Waals surface area contributed by atoms with Gasteiger partial charge in [0.1, 0.15) is 0 Å². The minimum atomic E-state index is 1.04. The van der Waals surface area contributed by atoms with Gasteiger partial charge in [-0.05, 0) is 57.5 Å². The summed E-state index contributed by atoms with van der Waals surface area (Å²) in [5.74, 6) is 0. The van der Waals surface area contributed by atoms with Crippen LogP contribution in [-0.2, 0) is 6.42 Å².